The number of esters is 1. The number of rotatable bonds is 3. The molecule has 0 aromatic heterocycles. The molecule has 0 aliphatic carbocycles. The largest absolute Gasteiger partial charge is 0.462 e. The van der Waals surface area contributed by atoms with Crippen LogP contribution in [0.2, 0.25) is 0 Å². The van der Waals surface area contributed by atoms with Crippen LogP contribution in [0.1, 0.15) is 34.1 Å². The highest BCUT2D eigenvalue weighted by molar-refractivity contribution is 5.86. The SMILES string of the molecule is C=C(C)C(=O)OCCC.CC(C)N. The van der Waals surface area contributed by atoms with E-state index in [9.17, 15) is 4.79 Å². The van der Waals surface area contributed by atoms with Crippen molar-refractivity contribution in [2.24, 2.45) is 5.73 Å². The number of carbonyl (C=O) groups excluding carboxylic acids is 1. The Morgan fingerprint density at radius 3 is 2.15 bits per heavy atom. The normalized spacial score (nSPS) is 8.77. The van der Waals surface area contributed by atoms with Crippen LogP contribution in [0.15, 0.2) is 12.2 Å². The molecule has 0 atom stereocenters. The molecule has 13 heavy (non-hydrogen) atoms. The summed E-state index contributed by atoms with van der Waals surface area (Å²) >= 11 is 0. The highest BCUT2D eigenvalue weighted by Gasteiger charge is 1.99. The molecule has 0 aromatic rings. The van der Waals surface area contributed by atoms with Crippen molar-refractivity contribution < 1.29 is 9.53 Å². The van der Waals surface area contributed by atoms with Gasteiger partial charge >= 0.3 is 5.97 Å². The Hall–Kier alpha value is -0.830. The zero-order chi connectivity index (χ0) is 10.9. The van der Waals surface area contributed by atoms with Gasteiger partial charge in [-0.25, -0.2) is 4.79 Å². The summed E-state index contributed by atoms with van der Waals surface area (Å²) in [7, 11) is 0. The van der Waals surface area contributed by atoms with Gasteiger partial charge in [0, 0.05) is 5.57 Å². The van der Waals surface area contributed by atoms with Gasteiger partial charge in [-0.15, -0.1) is 0 Å². The lowest BCUT2D eigenvalue weighted by molar-refractivity contribution is -0.138. The molecule has 3 nitrogen and oxygen atoms in total. The average Bonchev–Trinajstić information content (AvgIpc) is 1.98. The summed E-state index contributed by atoms with van der Waals surface area (Å²) in [6, 6.07) is 0.333. The van der Waals surface area contributed by atoms with E-state index < -0.39 is 0 Å². The topological polar surface area (TPSA) is 52.3 Å². The fourth-order valence-electron chi connectivity index (χ4n) is 0.318. The van der Waals surface area contributed by atoms with Crippen molar-refractivity contribution in [3.63, 3.8) is 0 Å². The summed E-state index contributed by atoms with van der Waals surface area (Å²) in [6.45, 7) is 11.4. The predicted octanol–water partition coefficient (Wildman–Crippen LogP) is 1.87. The molecule has 0 bridgehead atoms. The van der Waals surface area contributed by atoms with E-state index in [4.69, 9.17) is 10.5 Å². The van der Waals surface area contributed by atoms with Gasteiger partial charge in [0.15, 0.2) is 0 Å². The summed E-state index contributed by atoms with van der Waals surface area (Å²) in [4.78, 5) is 10.6. The fourth-order valence-corrected chi connectivity index (χ4v) is 0.318. The Kier molecular flexibility index (Phi) is 10.5. The van der Waals surface area contributed by atoms with Crippen LogP contribution >= 0.6 is 0 Å². The van der Waals surface area contributed by atoms with Gasteiger partial charge in [0.25, 0.3) is 0 Å². The Morgan fingerprint density at radius 2 is 1.92 bits per heavy atom. The third-order valence-electron chi connectivity index (χ3n) is 0.786. The number of nitrogens with two attached hydrogens (primary N) is 1. The molecule has 0 saturated carbocycles. The molecule has 0 rings (SSSR count). The first-order valence-electron chi connectivity index (χ1n) is 4.50. The molecule has 0 unspecified atom stereocenters. The highest BCUT2D eigenvalue weighted by Crippen LogP contribution is 1.91. The zero-order valence-corrected chi connectivity index (χ0v) is 9.09. The lowest BCUT2D eigenvalue weighted by Gasteiger charge is -1.99. The van der Waals surface area contributed by atoms with Gasteiger partial charge < -0.3 is 10.5 Å². The number of ether oxygens (including phenoxy) is 1. The van der Waals surface area contributed by atoms with Crippen LogP contribution in [0.3, 0.4) is 0 Å². The first kappa shape index (κ1) is 14.7. The molecule has 0 amide bonds. The third kappa shape index (κ3) is 18.3. The maximum atomic E-state index is 10.6. The summed E-state index contributed by atoms with van der Waals surface area (Å²) in [5.41, 5.74) is 5.57. The molecule has 0 spiro atoms. The Morgan fingerprint density at radius 1 is 1.54 bits per heavy atom. The van der Waals surface area contributed by atoms with Gasteiger partial charge in [0.2, 0.25) is 0 Å². The Labute approximate surface area is 81.0 Å². The van der Waals surface area contributed by atoms with Gasteiger partial charge in [-0.2, -0.15) is 0 Å². The van der Waals surface area contributed by atoms with Crippen molar-refractivity contribution in [2.45, 2.75) is 40.2 Å². The van der Waals surface area contributed by atoms with Crippen LogP contribution in [-0.2, 0) is 9.53 Å². The van der Waals surface area contributed by atoms with E-state index in [1.165, 1.54) is 0 Å². The highest BCUT2D eigenvalue weighted by atomic mass is 16.5. The van der Waals surface area contributed by atoms with Crippen molar-refractivity contribution in [1.82, 2.24) is 0 Å². The molecule has 0 fully saturated rings. The molecule has 0 heterocycles. The van der Waals surface area contributed by atoms with Crippen molar-refractivity contribution in [1.29, 1.82) is 0 Å². The molecule has 0 aromatic carbocycles. The molecule has 0 aliphatic rings. The number of hydrogen-bond donors (Lipinski definition) is 1. The van der Waals surface area contributed by atoms with E-state index in [2.05, 4.69) is 6.58 Å². The van der Waals surface area contributed by atoms with Crippen molar-refractivity contribution in [3.8, 4) is 0 Å². The quantitative estimate of drug-likeness (QED) is 0.542. The second kappa shape index (κ2) is 9.26. The summed E-state index contributed by atoms with van der Waals surface area (Å²) in [5, 5.41) is 0. The number of carbonyl (C=O) groups is 1. The zero-order valence-electron chi connectivity index (χ0n) is 9.09. The van der Waals surface area contributed by atoms with Gasteiger partial charge in [-0.3, -0.25) is 0 Å². The standard InChI is InChI=1S/C7H12O2.C3H9N/c1-4-5-9-7(8)6(2)3;1-3(2)4/h2,4-5H2,1,3H3;3H,4H2,1-2H3. The smallest absolute Gasteiger partial charge is 0.333 e. The molecule has 3 heteroatoms. The van der Waals surface area contributed by atoms with E-state index in [1.54, 1.807) is 6.92 Å². The van der Waals surface area contributed by atoms with Crippen LogP contribution in [0.5, 0.6) is 0 Å². The van der Waals surface area contributed by atoms with Gasteiger partial charge in [-0.1, -0.05) is 27.4 Å². The van der Waals surface area contributed by atoms with Crippen molar-refractivity contribution in [2.75, 3.05) is 6.61 Å². The van der Waals surface area contributed by atoms with E-state index in [1.807, 2.05) is 20.8 Å². The van der Waals surface area contributed by atoms with Gasteiger partial charge in [0.1, 0.15) is 0 Å². The first-order chi connectivity index (χ1) is 5.91. The van der Waals surface area contributed by atoms with Crippen LogP contribution in [-0.4, -0.2) is 18.6 Å². The summed E-state index contributed by atoms with van der Waals surface area (Å²) < 4.78 is 4.71. The Balaban J connectivity index is 0. The maximum absolute atomic E-state index is 10.6. The van der Waals surface area contributed by atoms with Crippen molar-refractivity contribution in [3.05, 3.63) is 12.2 Å². The van der Waals surface area contributed by atoms with E-state index in [0.29, 0.717) is 18.2 Å². The lowest BCUT2D eigenvalue weighted by atomic mass is 10.4. The molecule has 0 saturated heterocycles. The van der Waals surface area contributed by atoms with Gasteiger partial charge in [0.05, 0.1) is 6.61 Å². The molecular formula is C10H21NO2. The third-order valence-corrected chi connectivity index (χ3v) is 0.786. The predicted molar refractivity (Wildman–Crippen MR) is 55.4 cm³/mol. The van der Waals surface area contributed by atoms with Gasteiger partial charge in [-0.05, 0) is 19.4 Å². The second-order valence-electron chi connectivity index (χ2n) is 3.16. The first-order valence-corrected chi connectivity index (χ1v) is 4.50. The molecule has 0 radical (unpaired) electrons. The monoisotopic (exact) mass is 187 g/mol. The number of hydrogen-bond acceptors (Lipinski definition) is 3. The minimum atomic E-state index is -0.295. The minimum absolute atomic E-state index is 0.295. The molecule has 0 aliphatic heterocycles. The van der Waals surface area contributed by atoms with Crippen LogP contribution in [0.25, 0.3) is 0 Å². The maximum Gasteiger partial charge on any atom is 0.333 e. The van der Waals surface area contributed by atoms with E-state index >= 15 is 0 Å². The molecule has 2 N–H and O–H groups in total. The van der Waals surface area contributed by atoms with Crippen molar-refractivity contribution >= 4 is 5.97 Å². The second-order valence-corrected chi connectivity index (χ2v) is 3.16. The van der Waals surface area contributed by atoms with E-state index in [-0.39, 0.29) is 5.97 Å². The molecular weight excluding hydrogens is 166 g/mol. The summed E-state index contributed by atoms with van der Waals surface area (Å²) in [5.74, 6) is -0.295. The van der Waals surface area contributed by atoms with Crippen LogP contribution in [0.4, 0.5) is 0 Å². The van der Waals surface area contributed by atoms with Crippen LogP contribution < -0.4 is 5.73 Å². The van der Waals surface area contributed by atoms with Crippen LogP contribution in [0, 0.1) is 0 Å². The average molecular weight is 187 g/mol. The lowest BCUT2D eigenvalue weighted by Crippen LogP contribution is -2.06. The minimum Gasteiger partial charge on any atom is -0.462 e. The fraction of sp³-hybridized carbons (Fsp3) is 0.700. The Bertz CT molecular complexity index is 150. The molecule has 78 valence electrons. The van der Waals surface area contributed by atoms with E-state index in [0.717, 1.165) is 6.42 Å². The summed E-state index contributed by atoms with van der Waals surface area (Å²) in [6.07, 6.45) is 0.860.